The van der Waals surface area contributed by atoms with E-state index >= 15 is 0 Å². The van der Waals surface area contributed by atoms with Gasteiger partial charge in [-0.3, -0.25) is 4.79 Å². The Labute approximate surface area is 179 Å². The van der Waals surface area contributed by atoms with Crippen molar-refractivity contribution < 1.29 is 9.32 Å². The van der Waals surface area contributed by atoms with Crippen molar-refractivity contribution in [2.24, 2.45) is 0 Å². The SMILES string of the molecule is C=C(C)N1CCC(c2nc(-c3ccc4c(c3)N(C(C)C)C(=O)CC4)no2)CC1.CC. The first-order chi connectivity index (χ1) is 14.4. The molecule has 0 spiro atoms. The van der Waals surface area contributed by atoms with Gasteiger partial charge in [0.1, 0.15) is 0 Å². The molecular formula is C24H34N4O2. The van der Waals surface area contributed by atoms with Crippen LogP contribution in [0.2, 0.25) is 0 Å². The molecule has 0 atom stereocenters. The fourth-order valence-corrected chi connectivity index (χ4v) is 4.23. The van der Waals surface area contributed by atoms with Crippen LogP contribution in [0.1, 0.15) is 71.3 Å². The second-order valence-electron chi connectivity index (χ2n) is 8.15. The summed E-state index contributed by atoms with van der Waals surface area (Å²) in [6.45, 7) is 16.1. The lowest BCUT2D eigenvalue weighted by Crippen LogP contribution is -2.40. The second kappa shape index (κ2) is 9.45. The van der Waals surface area contributed by atoms with E-state index in [0.717, 1.165) is 49.3 Å². The molecule has 0 saturated carbocycles. The van der Waals surface area contributed by atoms with Gasteiger partial charge in [0.15, 0.2) is 0 Å². The van der Waals surface area contributed by atoms with Gasteiger partial charge in [-0.25, -0.2) is 0 Å². The second-order valence-corrected chi connectivity index (χ2v) is 8.15. The van der Waals surface area contributed by atoms with Gasteiger partial charge in [-0.05, 0) is 51.7 Å². The normalized spacial score (nSPS) is 16.9. The van der Waals surface area contributed by atoms with E-state index in [1.165, 1.54) is 5.56 Å². The number of benzene rings is 1. The number of allylic oxidation sites excluding steroid dienone is 1. The summed E-state index contributed by atoms with van der Waals surface area (Å²) in [5.74, 6) is 1.79. The zero-order chi connectivity index (χ0) is 21.8. The van der Waals surface area contributed by atoms with Crippen molar-refractivity contribution >= 4 is 11.6 Å². The number of rotatable bonds is 4. The summed E-state index contributed by atoms with van der Waals surface area (Å²) >= 11 is 0. The molecule has 1 amide bonds. The van der Waals surface area contributed by atoms with Gasteiger partial charge in [0.2, 0.25) is 17.6 Å². The summed E-state index contributed by atoms with van der Waals surface area (Å²) in [5.41, 5.74) is 4.19. The van der Waals surface area contributed by atoms with Crippen LogP contribution in [-0.2, 0) is 11.2 Å². The summed E-state index contributed by atoms with van der Waals surface area (Å²) < 4.78 is 5.61. The maximum atomic E-state index is 12.4. The first-order valence-corrected chi connectivity index (χ1v) is 11.1. The van der Waals surface area contributed by atoms with Crippen LogP contribution in [0.5, 0.6) is 0 Å². The third kappa shape index (κ3) is 4.42. The molecule has 6 nitrogen and oxygen atoms in total. The Hall–Kier alpha value is -2.63. The molecule has 6 heteroatoms. The summed E-state index contributed by atoms with van der Waals surface area (Å²) in [7, 11) is 0. The van der Waals surface area contributed by atoms with Gasteiger partial charge >= 0.3 is 0 Å². The topological polar surface area (TPSA) is 62.5 Å². The Morgan fingerprint density at radius 2 is 1.90 bits per heavy atom. The molecule has 162 valence electrons. The third-order valence-corrected chi connectivity index (χ3v) is 5.82. The number of aromatic nitrogens is 2. The lowest BCUT2D eigenvalue weighted by atomic mass is 9.96. The molecule has 0 aliphatic carbocycles. The standard InChI is InChI=1S/C22H28N4O2.C2H6/c1-14(2)25-11-9-17(10-12-25)22-23-21(24-28-22)18-6-5-16-7-8-20(27)26(15(3)4)19(16)13-18;1-2/h5-6,13,15,17H,1,7-12H2,2-4H3;1-2H3. The molecule has 1 aromatic carbocycles. The van der Waals surface area contributed by atoms with Crippen LogP contribution in [0.3, 0.4) is 0 Å². The lowest BCUT2D eigenvalue weighted by molar-refractivity contribution is -0.119. The fourth-order valence-electron chi connectivity index (χ4n) is 4.23. The minimum Gasteiger partial charge on any atom is -0.375 e. The van der Waals surface area contributed by atoms with Crippen LogP contribution in [0.25, 0.3) is 11.4 Å². The number of carbonyl (C=O) groups is 1. The van der Waals surface area contributed by atoms with Crippen LogP contribution in [0.15, 0.2) is 35.0 Å². The molecule has 0 radical (unpaired) electrons. The quantitative estimate of drug-likeness (QED) is 0.696. The molecule has 1 aromatic heterocycles. The maximum absolute atomic E-state index is 12.4. The largest absolute Gasteiger partial charge is 0.375 e. The van der Waals surface area contributed by atoms with Gasteiger partial charge in [-0.2, -0.15) is 4.98 Å². The van der Waals surface area contributed by atoms with E-state index in [9.17, 15) is 4.79 Å². The average Bonchev–Trinajstić information content (AvgIpc) is 3.24. The molecular weight excluding hydrogens is 376 g/mol. The molecule has 0 N–H and O–H groups in total. The Morgan fingerprint density at radius 3 is 2.53 bits per heavy atom. The van der Waals surface area contributed by atoms with Crippen LogP contribution in [0.4, 0.5) is 5.69 Å². The molecule has 30 heavy (non-hydrogen) atoms. The Bertz CT molecular complexity index is 894. The average molecular weight is 411 g/mol. The van der Waals surface area contributed by atoms with Gasteiger partial charge in [0.25, 0.3) is 0 Å². The molecule has 2 aliphatic rings. The number of anilines is 1. The van der Waals surface area contributed by atoms with Crippen molar-refractivity contribution in [1.29, 1.82) is 0 Å². The van der Waals surface area contributed by atoms with Gasteiger partial charge in [0, 0.05) is 48.4 Å². The molecule has 4 rings (SSSR count). The number of fused-ring (bicyclic) bond motifs is 1. The van der Waals surface area contributed by atoms with Crippen LogP contribution in [-0.4, -0.2) is 40.1 Å². The number of nitrogens with zero attached hydrogens (tertiary/aromatic N) is 4. The molecule has 0 unspecified atom stereocenters. The Morgan fingerprint density at radius 1 is 1.20 bits per heavy atom. The number of amides is 1. The number of hydrogen-bond donors (Lipinski definition) is 0. The van der Waals surface area contributed by atoms with E-state index in [-0.39, 0.29) is 11.9 Å². The van der Waals surface area contributed by atoms with Gasteiger partial charge in [-0.15, -0.1) is 0 Å². The molecule has 1 saturated heterocycles. The van der Waals surface area contributed by atoms with E-state index in [2.05, 4.69) is 27.7 Å². The first-order valence-electron chi connectivity index (χ1n) is 11.1. The minimum atomic E-state index is 0.126. The highest BCUT2D eigenvalue weighted by molar-refractivity contribution is 5.97. The van der Waals surface area contributed by atoms with Crippen molar-refractivity contribution in [2.45, 2.75) is 72.3 Å². The molecule has 2 aliphatic heterocycles. The number of aryl methyl sites for hydroxylation is 1. The molecule has 3 heterocycles. The van der Waals surface area contributed by atoms with Crippen molar-refractivity contribution in [3.05, 3.63) is 41.9 Å². The predicted molar refractivity (Wildman–Crippen MR) is 120 cm³/mol. The number of piperidine rings is 1. The summed E-state index contributed by atoms with van der Waals surface area (Å²) in [5, 5.41) is 4.23. The zero-order valence-corrected chi connectivity index (χ0v) is 18.9. The lowest BCUT2D eigenvalue weighted by Gasteiger charge is -2.33. The highest BCUT2D eigenvalue weighted by Crippen LogP contribution is 2.34. The monoisotopic (exact) mass is 410 g/mol. The van der Waals surface area contributed by atoms with Crippen molar-refractivity contribution in [1.82, 2.24) is 15.0 Å². The van der Waals surface area contributed by atoms with E-state index in [0.29, 0.717) is 24.1 Å². The van der Waals surface area contributed by atoms with Gasteiger partial charge < -0.3 is 14.3 Å². The molecule has 0 bridgehead atoms. The number of likely N-dealkylation sites (tertiary alicyclic amines) is 1. The van der Waals surface area contributed by atoms with E-state index in [1.54, 1.807) is 0 Å². The number of hydrogen-bond acceptors (Lipinski definition) is 5. The van der Waals surface area contributed by atoms with E-state index in [4.69, 9.17) is 4.52 Å². The number of carbonyl (C=O) groups excluding carboxylic acids is 1. The highest BCUT2D eigenvalue weighted by Gasteiger charge is 2.28. The summed E-state index contributed by atoms with van der Waals surface area (Å²) in [6, 6.07) is 6.28. The molecule has 1 fully saturated rings. The first kappa shape index (κ1) is 22.1. The zero-order valence-electron chi connectivity index (χ0n) is 18.9. The van der Waals surface area contributed by atoms with Gasteiger partial charge in [-0.1, -0.05) is 37.7 Å². The van der Waals surface area contributed by atoms with Crippen molar-refractivity contribution in [2.75, 3.05) is 18.0 Å². The van der Waals surface area contributed by atoms with Crippen LogP contribution >= 0.6 is 0 Å². The maximum Gasteiger partial charge on any atom is 0.230 e. The van der Waals surface area contributed by atoms with Crippen molar-refractivity contribution in [3.63, 3.8) is 0 Å². The smallest absolute Gasteiger partial charge is 0.230 e. The minimum absolute atomic E-state index is 0.126. The van der Waals surface area contributed by atoms with Gasteiger partial charge in [0.05, 0.1) is 0 Å². The summed E-state index contributed by atoms with van der Waals surface area (Å²) in [6.07, 6.45) is 3.35. The Balaban J connectivity index is 0.00000124. The fraction of sp³-hybridized carbons (Fsp3) is 0.542. The van der Waals surface area contributed by atoms with Crippen molar-refractivity contribution in [3.8, 4) is 11.4 Å². The summed E-state index contributed by atoms with van der Waals surface area (Å²) in [4.78, 5) is 21.3. The predicted octanol–water partition coefficient (Wildman–Crippen LogP) is 5.16. The van der Waals surface area contributed by atoms with Crippen LogP contribution in [0, 0.1) is 0 Å². The Kier molecular flexibility index (Phi) is 6.95. The van der Waals surface area contributed by atoms with E-state index < -0.39 is 0 Å². The van der Waals surface area contributed by atoms with E-state index in [1.807, 2.05) is 51.7 Å². The van der Waals surface area contributed by atoms with Crippen LogP contribution < -0.4 is 4.90 Å². The molecule has 2 aromatic rings. The third-order valence-electron chi connectivity index (χ3n) is 5.82. The highest BCUT2D eigenvalue weighted by atomic mass is 16.5.